The van der Waals surface area contributed by atoms with Gasteiger partial charge < -0.3 is 26.8 Å². The summed E-state index contributed by atoms with van der Waals surface area (Å²) in [4.78, 5) is 45.0. The van der Waals surface area contributed by atoms with Gasteiger partial charge in [0.2, 0.25) is 17.7 Å². The smallest absolute Gasteiger partial charge is 0.327 e. The molecule has 0 aliphatic heterocycles. The van der Waals surface area contributed by atoms with E-state index in [2.05, 4.69) is 28.6 Å². The molecule has 0 aromatic rings. The first-order valence-electron chi connectivity index (χ1n) is 6.15. The third-order valence-corrected chi connectivity index (χ3v) is 2.77. The quantitative estimate of drug-likeness (QED) is 0.271. The first-order valence-corrected chi connectivity index (χ1v) is 6.79. The molecule has 0 fully saturated rings. The predicted molar refractivity (Wildman–Crippen MR) is 77.7 cm³/mol. The van der Waals surface area contributed by atoms with Crippen molar-refractivity contribution in [1.29, 1.82) is 0 Å². The maximum atomic E-state index is 11.6. The highest BCUT2D eigenvalue weighted by Crippen LogP contribution is 1.88. The first-order chi connectivity index (χ1) is 9.68. The highest BCUT2D eigenvalue weighted by molar-refractivity contribution is 7.80. The van der Waals surface area contributed by atoms with E-state index in [0.717, 1.165) is 0 Å². The maximum absolute atomic E-state index is 11.6. The number of thiol groups is 1. The van der Waals surface area contributed by atoms with Crippen molar-refractivity contribution in [2.24, 2.45) is 5.73 Å². The molecule has 0 bridgehead atoms. The average Bonchev–Trinajstić information content (AvgIpc) is 2.41. The molecular weight excluding hydrogens is 300 g/mol. The summed E-state index contributed by atoms with van der Waals surface area (Å²) in [7, 11) is 0. The van der Waals surface area contributed by atoms with Gasteiger partial charge in [0, 0.05) is 5.75 Å². The summed E-state index contributed by atoms with van der Waals surface area (Å²) in [6, 6.07) is -2.75. The van der Waals surface area contributed by atoms with Crippen LogP contribution in [0.1, 0.15) is 13.8 Å². The van der Waals surface area contributed by atoms with Crippen molar-refractivity contribution in [1.82, 2.24) is 16.0 Å². The zero-order chi connectivity index (χ0) is 16.6. The number of hydrogen-bond acceptors (Lipinski definition) is 6. The molecule has 0 aromatic carbocycles. The van der Waals surface area contributed by atoms with E-state index < -0.39 is 48.4 Å². The summed E-state index contributed by atoms with van der Waals surface area (Å²) >= 11 is 3.79. The number of rotatable bonds is 8. The molecule has 120 valence electrons. The van der Waals surface area contributed by atoms with E-state index >= 15 is 0 Å². The van der Waals surface area contributed by atoms with Gasteiger partial charge in [-0.15, -0.1) is 0 Å². The van der Waals surface area contributed by atoms with Gasteiger partial charge in [-0.1, -0.05) is 0 Å². The number of carbonyl (C=O) groups excluding carboxylic acids is 3. The van der Waals surface area contributed by atoms with Crippen molar-refractivity contribution in [3.05, 3.63) is 0 Å². The predicted octanol–water partition coefficient (Wildman–Crippen LogP) is -2.55. The summed E-state index contributed by atoms with van der Waals surface area (Å²) in [6.45, 7) is 2.49. The number of carboxylic acids is 1. The fourth-order valence-corrected chi connectivity index (χ4v) is 1.41. The van der Waals surface area contributed by atoms with Gasteiger partial charge in [-0.25, -0.2) is 4.79 Å². The number of amides is 3. The van der Waals surface area contributed by atoms with Crippen LogP contribution in [0.2, 0.25) is 0 Å². The van der Waals surface area contributed by atoms with E-state index in [0.29, 0.717) is 0 Å². The van der Waals surface area contributed by atoms with Crippen LogP contribution in [0, 0.1) is 0 Å². The van der Waals surface area contributed by atoms with E-state index in [4.69, 9.17) is 10.8 Å². The molecule has 0 aromatic heterocycles. The van der Waals surface area contributed by atoms with Crippen LogP contribution in [0.15, 0.2) is 0 Å². The van der Waals surface area contributed by atoms with Crippen LogP contribution >= 0.6 is 12.6 Å². The summed E-state index contributed by atoms with van der Waals surface area (Å²) in [6.07, 6.45) is 0. The molecule has 3 amide bonds. The number of carbonyl (C=O) groups is 4. The van der Waals surface area contributed by atoms with Crippen molar-refractivity contribution < 1.29 is 24.3 Å². The molecule has 9 nitrogen and oxygen atoms in total. The Labute approximate surface area is 127 Å². The lowest BCUT2D eigenvalue weighted by Crippen LogP contribution is -2.52. The average molecular weight is 320 g/mol. The summed E-state index contributed by atoms with van der Waals surface area (Å²) < 4.78 is 0. The van der Waals surface area contributed by atoms with Gasteiger partial charge in [-0.2, -0.15) is 12.6 Å². The Kier molecular flexibility index (Phi) is 8.39. The van der Waals surface area contributed by atoms with Crippen molar-refractivity contribution in [3.8, 4) is 0 Å². The lowest BCUT2D eigenvalue weighted by Gasteiger charge is -2.16. The molecule has 0 radical (unpaired) electrons. The van der Waals surface area contributed by atoms with Gasteiger partial charge in [0.15, 0.2) is 0 Å². The van der Waals surface area contributed by atoms with Crippen LogP contribution in [0.25, 0.3) is 0 Å². The Bertz CT molecular complexity index is 415. The normalized spacial score (nSPS) is 14.5. The summed E-state index contributed by atoms with van der Waals surface area (Å²) in [5, 5.41) is 15.5. The minimum absolute atomic E-state index is 0.0735. The van der Waals surface area contributed by atoms with Crippen molar-refractivity contribution in [2.75, 3.05) is 12.3 Å². The number of aliphatic carboxylic acids is 1. The van der Waals surface area contributed by atoms with Gasteiger partial charge in [-0.3, -0.25) is 14.4 Å². The minimum atomic E-state index is -1.22. The van der Waals surface area contributed by atoms with Crippen molar-refractivity contribution in [2.45, 2.75) is 32.0 Å². The Morgan fingerprint density at radius 3 is 2.14 bits per heavy atom. The molecule has 0 spiro atoms. The van der Waals surface area contributed by atoms with E-state index in [1.54, 1.807) is 0 Å². The topological polar surface area (TPSA) is 151 Å². The fraction of sp³-hybridized carbons (Fsp3) is 0.636. The summed E-state index contributed by atoms with van der Waals surface area (Å²) in [5.74, 6) is -3.05. The molecule has 3 atom stereocenters. The molecule has 6 N–H and O–H groups in total. The second-order valence-corrected chi connectivity index (χ2v) is 4.74. The second kappa shape index (κ2) is 9.19. The van der Waals surface area contributed by atoms with Crippen LogP contribution in [0.4, 0.5) is 0 Å². The second-order valence-electron chi connectivity index (χ2n) is 4.38. The molecule has 21 heavy (non-hydrogen) atoms. The molecule has 0 aliphatic carbocycles. The van der Waals surface area contributed by atoms with Crippen LogP contribution < -0.4 is 21.7 Å². The van der Waals surface area contributed by atoms with Gasteiger partial charge in [0.25, 0.3) is 0 Å². The standard InChI is InChI=1S/C11H20N4O5S/c1-5(12)9(17)14-6(2)10(18)13-3-8(16)15-7(4-21)11(19)20/h5-7,21H,3-4,12H2,1-2H3,(H,13,18)(H,14,17)(H,15,16)(H,19,20). The van der Waals surface area contributed by atoms with Crippen LogP contribution in [0.3, 0.4) is 0 Å². The van der Waals surface area contributed by atoms with Crippen molar-refractivity contribution in [3.63, 3.8) is 0 Å². The number of carboxylic acid groups (broad SMARTS) is 1. The Morgan fingerprint density at radius 2 is 1.71 bits per heavy atom. The van der Waals surface area contributed by atoms with Gasteiger partial charge >= 0.3 is 5.97 Å². The lowest BCUT2D eigenvalue weighted by molar-refractivity contribution is -0.141. The monoisotopic (exact) mass is 320 g/mol. The van der Waals surface area contributed by atoms with Crippen molar-refractivity contribution >= 4 is 36.3 Å². The largest absolute Gasteiger partial charge is 0.480 e. The van der Waals surface area contributed by atoms with E-state index in [-0.39, 0.29) is 5.75 Å². The molecule has 0 saturated carbocycles. The lowest BCUT2D eigenvalue weighted by atomic mass is 10.2. The van der Waals surface area contributed by atoms with Gasteiger partial charge in [0.05, 0.1) is 12.6 Å². The minimum Gasteiger partial charge on any atom is -0.480 e. The highest BCUT2D eigenvalue weighted by Gasteiger charge is 2.20. The molecule has 3 unspecified atom stereocenters. The van der Waals surface area contributed by atoms with Crippen LogP contribution in [-0.2, 0) is 19.2 Å². The molecule has 10 heteroatoms. The maximum Gasteiger partial charge on any atom is 0.327 e. The first kappa shape index (κ1) is 19.2. The number of nitrogens with one attached hydrogen (secondary N) is 3. The van der Waals surface area contributed by atoms with E-state index in [1.807, 2.05) is 0 Å². The van der Waals surface area contributed by atoms with E-state index in [9.17, 15) is 19.2 Å². The molecule has 0 heterocycles. The van der Waals surface area contributed by atoms with Crippen LogP contribution in [0.5, 0.6) is 0 Å². The highest BCUT2D eigenvalue weighted by atomic mass is 32.1. The Hall–Kier alpha value is -1.81. The third-order valence-electron chi connectivity index (χ3n) is 2.40. The summed E-state index contributed by atoms with van der Waals surface area (Å²) in [5.41, 5.74) is 5.33. The molecule has 0 saturated heterocycles. The fourth-order valence-electron chi connectivity index (χ4n) is 1.16. The van der Waals surface area contributed by atoms with Gasteiger partial charge in [0.1, 0.15) is 12.1 Å². The Balaban J connectivity index is 4.20. The van der Waals surface area contributed by atoms with Gasteiger partial charge in [-0.05, 0) is 13.8 Å². The molecule has 0 aliphatic rings. The number of hydrogen-bond donors (Lipinski definition) is 6. The zero-order valence-corrected chi connectivity index (χ0v) is 12.6. The Morgan fingerprint density at radius 1 is 1.14 bits per heavy atom. The third kappa shape index (κ3) is 7.51. The van der Waals surface area contributed by atoms with E-state index in [1.165, 1.54) is 13.8 Å². The SMILES string of the molecule is CC(N)C(=O)NC(C)C(=O)NCC(=O)NC(CS)C(=O)O. The van der Waals surface area contributed by atoms with Crippen LogP contribution in [-0.4, -0.2) is 59.2 Å². The molecule has 0 rings (SSSR count). The zero-order valence-electron chi connectivity index (χ0n) is 11.8. The number of nitrogens with two attached hydrogens (primary N) is 1. The molecular formula is C11H20N4O5S.